The lowest BCUT2D eigenvalue weighted by Gasteiger charge is -2.35. The number of nitrogens with zero attached hydrogens (tertiary/aromatic N) is 6. The van der Waals surface area contributed by atoms with Gasteiger partial charge in [0.25, 0.3) is 11.5 Å². The number of aromatic nitrogens is 6. The molecular weight excluding hydrogens is 474 g/mol. The number of pyridine rings is 2. The van der Waals surface area contributed by atoms with Crippen LogP contribution in [0, 0.1) is 0 Å². The Morgan fingerprint density at radius 1 is 1.14 bits per heavy atom. The fraction of sp³-hybridized carbons (Fsp3) is 0.240. The number of carbonyl (C=O) groups is 1. The van der Waals surface area contributed by atoms with E-state index in [1.807, 2.05) is 28.8 Å². The van der Waals surface area contributed by atoms with Gasteiger partial charge >= 0.3 is 0 Å². The third-order valence-electron chi connectivity index (χ3n) is 6.61. The summed E-state index contributed by atoms with van der Waals surface area (Å²) in [5.41, 5.74) is 1.44. The van der Waals surface area contributed by atoms with Crippen molar-refractivity contribution in [2.45, 2.75) is 25.0 Å². The first-order chi connectivity index (χ1) is 18.1. The number of imidazole rings is 1. The molecule has 0 aliphatic heterocycles. The molecule has 1 saturated carbocycles. The molecule has 1 fully saturated rings. The van der Waals surface area contributed by atoms with Crippen LogP contribution in [-0.2, 0) is 4.74 Å². The Kier molecular flexibility index (Phi) is 5.57. The van der Waals surface area contributed by atoms with Crippen molar-refractivity contribution in [1.82, 2.24) is 33.9 Å². The third kappa shape index (κ3) is 3.96. The SMILES string of the molecule is CNc1cc(Nc2cccn(-c3cn4ccccc4n3)c2=O)nc2c(C(=O)N[C@@H]3CC[C@H]3OC)cnn12. The summed E-state index contributed by atoms with van der Waals surface area (Å²) in [6, 6.07) is 10.8. The summed E-state index contributed by atoms with van der Waals surface area (Å²) in [4.78, 5) is 35.5. The lowest BCUT2D eigenvalue weighted by Crippen LogP contribution is -2.51. The molecule has 5 aromatic heterocycles. The van der Waals surface area contributed by atoms with E-state index in [0.717, 1.165) is 18.5 Å². The van der Waals surface area contributed by atoms with Gasteiger partial charge in [-0.3, -0.25) is 14.2 Å². The van der Waals surface area contributed by atoms with E-state index in [0.29, 0.717) is 34.4 Å². The zero-order valence-corrected chi connectivity index (χ0v) is 20.3. The summed E-state index contributed by atoms with van der Waals surface area (Å²) < 4.78 is 10.3. The summed E-state index contributed by atoms with van der Waals surface area (Å²) in [6.07, 6.45) is 8.60. The van der Waals surface area contributed by atoms with Crippen molar-refractivity contribution in [3.8, 4) is 5.82 Å². The van der Waals surface area contributed by atoms with E-state index in [9.17, 15) is 9.59 Å². The fourth-order valence-corrected chi connectivity index (χ4v) is 4.47. The fourth-order valence-electron chi connectivity index (χ4n) is 4.47. The summed E-state index contributed by atoms with van der Waals surface area (Å²) in [5, 5.41) is 13.5. The van der Waals surface area contributed by atoms with E-state index in [1.165, 1.54) is 10.8 Å². The Morgan fingerprint density at radius 2 is 2.03 bits per heavy atom. The van der Waals surface area contributed by atoms with Crippen LogP contribution in [0.25, 0.3) is 17.1 Å². The molecule has 5 heterocycles. The second-order valence-electron chi connectivity index (χ2n) is 8.79. The number of rotatable bonds is 7. The van der Waals surface area contributed by atoms with Gasteiger partial charge in [0.2, 0.25) is 0 Å². The zero-order valence-electron chi connectivity index (χ0n) is 20.3. The second kappa shape index (κ2) is 9.06. The summed E-state index contributed by atoms with van der Waals surface area (Å²) in [7, 11) is 3.39. The number of ether oxygens (including phenoxy) is 1. The predicted molar refractivity (Wildman–Crippen MR) is 138 cm³/mol. The van der Waals surface area contributed by atoms with Gasteiger partial charge in [0, 0.05) is 32.6 Å². The first-order valence-corrected chi connectivity index (χ1v) is 11.9. The molecule has 12 nitrogen and oxygen atoms in total. The smallest absolute Gasteiger partial charge is 0.280 e. The number of amides is 1. The number of hydrogen-bond acceptors (Lipinski definition) is 8. The molecule has 0 aromatic carbocycles. The predicted octanol–water partition coefficient (Wildman–Crippen LogP) is 2.22. The van der Waals surface area contributed by atoms with Crippen LogP contribution < -0.4 is 21.5 Å². The molecule has 5 aromatic rings. The van der Waals surface area contributed by atoms with Crippen LogP contribution in [0.3, 0.4) is 0 Å². The standard InChI is InChI=1S/C25H25N9O3/c1-26-21-12-19(30-23-15(13-27-34(21)23)24(35)29-16-8-9-18(16)37-2)28-17-6-5-11-33(25(17)36)22-14-32-10-4-3-7-20(32)31-22/h3-7,10-14,16,18,26H,8-9H2,1-2H3,(H,28,30)(H,29,35)/t16-,18-/m1/s1. The molecule has 1 amide bonds. The maximum atomic E-state index is 13.3. The molecule has 1 aliphatic carbocycles. The number of carbonyl (C=O) groups excluding carboxylic acids is 1. The summed E-state index contributed by atoms with van der Waals surface area (Å²) >= 11 is 0. The first kappa shape index (κ1) is 22.7. The quantitative estimate of drug-likeness (QED) is 0.311. The Morgan fingerprint density at radius 3 is 2.78 bits per heavy atom. The van der Waals surface area contributed by atoms with Crippen molar-refractivity contribution in [1.29, 1.82) is 0 Å². The minimum Gasteiger partial charge on any atom is -0.379 e. The van der Waals surface area contributed by atoms with Crippen LogP contribution in [0.15, 0.2) is 66.0 Å². The highest BCUT2D eigenvalue weighted by atomic mass is 16.5. The van der Waals surface area contributed by atoms with Crippen molar-refractivity contribution < 1.29 is 9.53 Å². The number of anilines is 3. The van der Waals surface area contributed by atoms with Crippen LogP contribution in [0.2, 0.25) is 0 Å². The van der Waals surface area contributed by atoms with Crippen molar-refractivity contribution in [2.24, 2.45) is 0 Å². The zero-order chi connectivity index (χ0) is 25.5. The molecule has 2 atom stereocenters. The molecule has 0 radical (unpaired) electrons. The van der Waals surface area contributed by atoms with Crippen molar-refractivity contribution in [2.75, 3.05) is 24.8 Å². The highest BCUT2D eigenvalue weighted by Gasteiger charge is 2.33. The van der Waals surface area contributed by atoms with Crippen LogP contribution in [0.4, 0.5) is 17.3 Å². The molecule has 0 spiro atoms. The van der Waals surface area contributed by atoms with Crippen molar-refractivity contribution in [3.63, 3.8) is 0 Å². The average molecular weight is 500 g/mol. The van der Waals surface area contributed by atoms with Crippen molar-refractivity contribution >= 4 is 34.5 Å². The van der Waals surface area contributed by atoms with E-state index in [1.54, 1.807) is 49.3 Å². The highest BCUT2D eigenvalue weighted by Crippen LogP contribution is 2.25. The first-order valence-electron chi connectivity index (χ1n) is 11.9. The van der Waals surface area contributed by atoms with Crippen LogP contribution >= 0.6 is 0 Å². The molecule has 3 N–H and O–H groups in total. The normalized spacial score (nSPS) is 17.0. The van der Waals surface area contributed by atoms with E-state index in [2.05, 4.69) is 31.0 Å². The maximum Gasteiger partial charge on any atom is 0.280 e. The summed E-state index contributed by atoms with van der Waals surface area (Å²) in [5.74, 6) is 1.21. The number of hydrogen-bond donors (Lipinski definition) is 3. The van der Waals surface area contributed by atoms with Gasteiger partial charge in [0.05, 0.1) is 24.5 Å². The molecular formula is C25H25N9O3. The topological polar surface area (TPSA) is 132 Å². The third-order valence-corrected chi connectivity index (χ3v) is 6.61. The molecule has 0 bridgehead atoms. The van der Waals surface area contributed by atoms with Crippen molar-refractivity contribution in [3.05, 3.63) is 77.1 Å². The molecule has 188 valence electrons. The van der Waals surface area contributed by atoms with Gasteiger partial charge in [-0.05, 0) is 37.1 Å². The molecule has 6 rings (SSSR count). The minimum absolute atomic E-state index is 0.0111. The second-order valence-corrected chi connectivity index (χ2v) is 8.79. The molecule has 12 heteroatoms. The minimum atomic E-state index is -0.291. The number of fused-ring (bicyclic) bond motifs is 2. The lowest BCUT2D eigenvalue weighted by atomic mass is 9.89. The molecule has 37 heavy (non-hydrogen) atoms. The Balaban J connectivity index is 1.34. The molecule has 0 unspecified atom stereocenters. The summed E-state index contributed by atoms with van der Waals surface area (Å²) in [6.45, 7) is 0. The van der Waals surface area contributed by atoms with Gasteiger partial charge in [-0.1, -0.05) is 6.07 Å². The van der Waals surface area contributed by atoms with Gasteiger partial charge in [-0.2, -0.15) is 9.61 Å². The lowest BCUT2D eigenvalue weighted by molar-refractivity contribution is 0.00732. The van der Waals surface area contributed by atoms with Crippen LogP contribution in [0.5, 0.6) is 0 Å². The van der Waals surface area contributed by atoms with E-state index < -0.39 is 0 Å². The van der Waals surface area contributed by atoms with E-state index in [-0.39, 0.29) is 23.6 Å². The maximum absolute atomic E-state index is 13.3. The molecule has 0 saturated heterocycles. The largest absolute Gasteiger partial charge is 0.379 e. The van der Waals surface area contributed by atoms with Crippen LogP contribution in [-0.4, -0.2) is 60.8 Å². The van der Waals surface area contributed by atoms with Gasteiger partial charge in [-0.15, -0.1) is 0 Å². The number of nitrogens with one attached hydrogen (secondary N) is 3. The number of methoxy groups -OCH3 is 1. The Bertz CT molecular complexity index is 1650. The van der Waals surface area contributed by atoms with Gasteiger partial charge in [0.1, 0.15) is 28.5 Å². The van der Waals surface area contributed by atoms with Gasteiger partial charge < -0.3 is 25.1 Å². The monoisotopic (exact) mass is 499 g/mol. The van der Waals surface area contributed by atoms with Gasteiger partial charge in [-0.25, -0.2) is 9.97 Å². The van der Waals surface area contributed by atoms with Gasteiger partial charge in [0.15, 0.2) is 11.5 Å². The van der Waals surface area contributed by atoms with E-state index in [4.69, 9.17) is 4.74 Å². The molecule has 1 aliphatic rings. The Labute approximate surface area is 210 Å². The average Bonchev–Trinajstić information content (AvgIpc) is 3.52. The van der Waals surface area contributed by atoms with Crippen LogP contribution in [0.1, 0.15) is 23.2 Å². The Hall–Kier alpha value is -4.71. The van der Waals surface area contributed by atoms with E-state index >= 15 is 0 Å². The highest BCUT2D eigenvalue weighted by molar-refractivity contribution is 6.00.